The fourth-order valence-corrected chi connectivity index (χ4v) is 1.86. The van der Waals surface area contributed by atoms with Crippen LogP contribution in [0.2, 0.25) is 0 Å². The predicted molar refractivity (Wildman–Crippen MR) is 95.6 cm³/mol. The molecule has 0 spiro atoms. The maximum atomic E-state index is 12.0. The first-order chi connectivity index (χ1) is 10.3. The average molecular weight is 342 g/mol. The van der Waals surface area contributed by atoms with E-state index in [1.165, 1.54) is 0 Å². The number of nitrogens with two attached hydrogens (primary N) is 1. The Bertz CT molecular complexity index is 527. The summed E-state index contributed by atoms with van der Waals surface area (Å²) in [7, 11) is 0. The molecule has 0 heterocycles. The van der Waals surface area contributed by atoms with Crippen molar-refractivity contribution in [2.24, 2.45) is 11.1 Å². The summed E-state index contributed by atoms with van der Waals surface area (Å²) in [5.41, 5.74) is 7.10. The lowest BCUT2D eigenvalue weighted by molar-refractivity contribution is -0.124. The zero-order valence-electron chi connectivity index (χ0n) is 14.3. The van der Waals surface area contributed by atoms with Crippen LogP contribution in [0.25, 0.3) is 0 Å². The quantitative estimate of drug-likeness (QED) is 0.741. The van der Waals surface area contributed by atoms with Crippen molar-refractivity contribution in [1.29, 1.82) is 0 Å². The molecule has 130 valence electrons. The predicted octanol–water partition coefficient (Wildman–Crippen LogP) is 2.24. The smallest absolute Gasteiger partial charge is 0.251 e. The summed E-state index contributed by atoms with van der Waals surface area (Å²) in [6.07, 6.45) is 0.895. The van der Waals surface area contributed by atoms with Crippen LogP contribution < -0.4 is 16.4 Å². The number of hydrogen-bond acceptors (Lipinski definition) is 3. The van der Waals surface area contributed by atoms with Gasteiger partial charge in [-0.2, -0.15) is 0 Å². The van der Waals surface area contributed by atoms with Crippen LogP contribution in [0, 0.1) is 5.41 Å². The van der Waals surface area contributed by atoms with Crippen molar-refractivity contribution >= 4 is 24.2 Å². The Morgan fingerprint density at radius 3 is 2.43 bits per heavy atom. The van der Waals surface area contributed by atoms with E-state index in [1.807, 2.05) is 39.8 Å². The first kappa shape index (κ1) is 21.4. The fourth-order valence-electron chi connectivity index (χ4n) is 1.86. The molecule has 0 saturated carbocycles. The lowest BCUT2D eigenvalue weighted by Gasteiger charge is -2.25. The lowest BCUT2D eigenvalue weighted by atomic mass is 9.87. The van der Waals surface area contributed by atoms with Crippen molar-refractivity contribution in [3.8, 4) is 0 Å². The monoisotopic (exact) mass is 341 g/mol. The summed E-state index contributed by atoms with van der Waals surface area (Å²) in [5, 5.41) is 5.65. The number of nitrogens with one attached hydrogen (secondary N) is 2. The van der Waals surface area contributed by atoms with Gasteiger partial charge in [0, 0.05) is 18.7 Å². The van der Waals surface area contributed by atoms with Crippen LogP contribution in [0.3, 0.4) is 0 Å². The molecule has 23 heavy (non-hydrogen) atoms. The van der Waals surface area contributed by atoms with Gasteiger partial charge in [-0.05, 0) is 29.5 Å². The molecule has 1 aromatic carbocycles. The molecule has 4 N–H and O–H groups in total. The zero-order chi connectivity index (χ0) is 16.8. The third kappa shape index (κ3) is 7.01. The fraction of sp³-hybridized carbons (Fsp3) is 0.529. The molecular formula is C17H28ClN3O2. The minimum atomic E-state index is -0.566. The van der Waals surface area contributed by atoms with E-state index in [-0.39, 0.29) is 29.6 Å². The topological polar surface area (TPSA) is 84.2 Å². The summed E-state index contributed by atoms with van der Waals surface area (Å²) in [5.74, 6) is -0.283. The molecule has 0 aliphatic rings. The number of benzene rings is 1. The molecule has 1 aromatic rings. The normalized spacial score (nSPS) is 12.0. The molecular weight excluding hydrogens is 314 g/mol. The van der Waals surface area contributed by atoms with Crippen LogP contribution in [0.5, 0.6) is 0 Å². The van der Waals surface area contributed by atoms with Crippen molar-refractivity contribution < 1.29 is 9.59 Å². The molecule has 0 aliphatic heterocycles. The van der Waals surface area contributed by atoms with E-state index in [1.54, 1.807) is 12.1 Å². The molecule has 0 fully saturated rings. The molecule has 1 atom stereocenters. The Morgan fingerprint density at radius 1 is 1.22 bits per heavy atom. The van der Waals surface area contributed by atoms with Gasteiger partial charge in [-0.25, -0.2) is 0 Å². The Labute approximate surface area is 144 Å². The molecule has 5 nitrogen and oxygen atoms in total. The van der Waals surface area contributed by atoms with Crippen LogP contribution in [-0.2, 0) is 11.3 Å². The van der Waals surface area contributed by atoms with Gasteiger partial charge in [0.1, 0.15) is 0 Å². The molecule has 0 radical (unpaired) electrons. The lowest BCUT2D eigenvalue weighted by Crippen LogP contribution is -2.48. The van der Waals surface area contributed by atoms with Crippen LogP contribution >= 0.6 is 12.4 Å². The molecule has 2 amide bonds. The highest BCUT2D eigenvalue weighted by Gasteiger charge is 2.27. The summed E-state index contributed by atoms with van der Waals surface area (Å²) in [4.78, 5) is 23.9. The van der Waals surface area contributed by atoms with Crippen molar-refractivity contribution in [2.45, 2.75) is 46.7 Å². The van der Waals surface area contributed by atoms with Crippen LogP contribution in [-0.4, -0.2) is 24.4 Å². The summed E-state index contributed by atoms with van der Waals surface area (Å²) >= 11 is 0. The Hall–Kier alpha value is -1.59. The van der Waals surface area contributed by atoms with Gasteiger partial charge in [0.05, 0.1) is 6.04 Å². The maximum Gasteiger partial charge on any atom is 0.251 e. The first-order valence-corrected chi connectivity index (χ1v) is 7.66. The number of rotatable bonds is 6. The van der Waals surface area contributed by atoms with Crippen LogP contribution in [0.15, 0.2) is 24.3 Å². The largest absolute Gasteiger partial charge is 0.352 e. The molecule has 0 saturated heterocycles. The maximum absolute atomic E-state index is 12.0. The van der Waals surface area contributed by atoms with Gasteiger partial charge in [0.15, 0.2) is 0 Å². The second kappa shape index (κ2) is 9.53. The van der Waals surface area contributed by atoms with Gasteiger partial charge in [-0.3, -0.25) is 9.59 Å². The Morgan fingerprint density at radius 2 is 1.87 bits per heavy atom. The van der Waals surface area contributed by atoms with Crippen molar-refractivity contribution in [3.05, 3.63) is 35.4 Å². The number of carbonyl (C=O) groups excluding carboxylic acids is 2. The molecule has 0 unspecified atom stereocenters. The molecule has 0 aromatic heterocycles. The van der Waals surface area contributed by atoms with E-state index in [4.69, 9.17) is 5.73 Å². The number of halogens is 1. The summed E-state index contributed by atoms with van der Waals surface area (Å²) < 4.78 is 0. The molecule has 0 aliphatic carbocycles. The van der Waals surface area contributed by atoms with Crippen molar-refractivity contribution in [2.75, 3.05) is 6.54 Å². The van der Waals surface area contributed by atoms with Gasteiger partial charge in [0.25, 0.3) is 5.91 Å². The van der Waals surface area contributed by atoms with Crippen molar-refractivity contribution in [3.63, 3.8) is 0 Å². The van der Waals surface area contributed by atoms with E-state index in [0.717, 1.165) is 12.0 Å². The minimum absolute atomic E-state index is 0. The molecule has 1 rings (SSSR count). The number of amides is 2. The van der Waals surface area contributed by atoms with Gasteiger partial charge >= 0.3 is 0 Å². The van der Waals surface area contributed by atoms with Gasteiger partial charge in [0.2, 0.25) is 5.91 Å². The first-order valence-electron chi connectivity index (χ1n) is 7.66. The third-order valence-electron chi connectivity index (χ3n) is 3.41. The number of hydrogen-bond donors (Lipinski definition) is 3. The second-order valence-electron chi connectivity index (χ2n) is 6.52. The van der Waals surface area contributed by atoms with E-state index in [0.29, 0.717) is 18.7 Å². The highest BCUT2D eigenvalue weighted by molar-refractivity contribution is 5.94. The Kier molecular flexibility index (Phi) is 8.87. The van der Waals surface area contributed by atoms with E-state index >= 15 is 0 Å². The summed E-state index contributed by atoms with van der Waals surface area (Å²) in [6.45, 7) is 8.80. The Balaban J connectivity index is 0.00000484. The third-order valence-corrected chi connectivity index (χ3v) is 3.41. The average Bonchev–Trinajstić information content (AvgIpc) is 2.48. The van der Waals surface area contributed by atoms with E-state index < -0.39 is 6.04 Å². The SMILES string of the molecule is CCCNC(=O)c1cccc(CNC(=O)[C@@H](N)C(C)(C)C)c1.Cl. The van der Waals surface area contributed by atoms with Gasteiger partial charge in [-0.1, -0.05) is 39.8 Å². The zero-order valence-corrected chi connectivity index (χ0v) is 15.1. The van der Waals surface area contributed by atoms with Crippen LogP contribution in [0.4, 0.5) is 0 Å². The van der Waals surface area contributed by atoms with E-state index in [9.17, 15) is 9.59 Å². The highest BCUT2D eigenvalue weighted by Crippen LogP contribution is 2.17. The molecule has 6 heteroatoms. The number of carbonyl (C=O) groups is 2. The van der Waals surface area contributed by atoms with Crippen LogP contribution in [0.1, 0.15) is 50.0 Å². The van der Waals surface area contributed by atoms with Gasteiger partial charge in [-0.15, -0.1) is 12.4 Å². The standard InChI is InChI=1S/C17H27N3O2.ClH/c1-5-9-19-15(21)13-8-6-7-12(10-13)11-20-16(22)14(18)17(2,3)4;/h6-8,10,14H,5,9,11,18H2,1-4H3,(H,19,21)(H,20,22);1H/t14-;/m1./s1. The second-order valence-corrected chi connectivity index (χ2v) is 6.52. The summed E-state index contributed by atoms with van der Waals surface area (Å²) in [6, 6.07) is 6.67. The van der Waals surface area contributed by atoms with Gasteiger partial charge < -0.3 is 16.4 Å². The van der Waals surface area contributed by atoms with E-state index in [2.05, 4.69) is 10.6 Å². The minimum Gasteiger partial charge on any atom is -0.352 e. The molecule has 0 bridgehead atoms. The highest BCUT2D eigenvalue weighted by atomic mass is 35.5. The van der Waals surface area contributed by atoms with Crippen molar-refractivity contribution in [1.82, 2.24) is 10.6 Å².